The van der Waals surface area contributed by atoms with Crippen molar-refractivity contribution in [3.05, 3.63) is 68.0 Å². The summed E-state index contributed by atoms with van der Waals surface area (Å²) in [7, 11) is -3.98. The standard InChI is InChI=1S/C23H23Cl2NO6S/c1-12(2)9-18(26-33(29,30)15-7-5-13(3)6-8-15)22(27)32-20-11-19-16(10-17(20)24)14(4)21(25)23(28)31-19/h5-8,10-12,18,26H,9H2,1-4H3/t18-/m1/s1. The first-order valence-electron chi connectivity index (χ1n) is 10.1. The van der Waals surface area contributed by atoms with Crippen molar-refractivity contribution in [2.75, 3.05) is 0 Å². The molecule has 176 valence electrons. The lowest BCUT2D eigenvalue weighted by Crippen LogP contribution is -2.43. The Morgan fingerprint density at radius 1 is 1.12 bits per heavy atom. The molecule has 0 unspecified atom stereocenters. The van der Waals surface area contributed by atoms with E-state index in [1.165, 1.54) is 24.3 Å². The predicted octanol–water partition coefficient (Wildman–Crippen LogP) is 5.02. The highest BCUT2D eigenvalue weighted by Gasteiger charge is 2.29. The number of carbonyl (C=O) groups is 1. The number of aryl methyl sites for hydroxylation is 2. The van der Waals surface area contributed by atoms with Gasteiger partial charge in [-0.25, -0.2) is 18.0 Å². The number of fused-ring (bicyclic) bond motifs is 1. The smallest absolute Gasteiger partial charge is 0.355 e. The number of esters is 1. The zero-order valence-corrected chi connectivity index (χ0v) is 20.8. The van der Waals surface area contributed by atoms with Crippen LogP contribution < -0.4 is 15.1 Å². The van der Waals surface area contributed by atoms with Gasteiger partial charge in [0.25, 0.3) is 0 Å². The highest BCUT2D eigenvalue weighted by atomic mass is 35.5. The number of hydrogen-bond donors (Lipinski definition) is 1. The molecule has 0 fully saturated rings. The van der Waals surface area contributed by atoms with Crippen LogP contribution in [0.1, 0.15) is 31.4 Å². The van der Waals surface area contributed by atoms with Gasteiger partial charge in [-0.15, -0.1) is 0 Å². The number of carbonyl (C=O) groups excluding carboxylic acids is 1. The highest BCUT2D eigenvalue weighted by Crippen LogP contribution is 2.33. The van der Waals surface area contributed by atoms with E-state index in [4.69, 9.17) is 32.4 Å². The van der Waals surface area contributed by atoms with Crippen molar-refractivity contribution in [1.82, 2.24) is 4.72 Å². The van der Waals surface area contributed by atoms with E-state index in [0.717, 1.165) is 5.56 Å². The molecule has 1 N–H and O–H groups in total. The monoisotopic (exact) mass is 511 g/mol. The van der Waals surface area contributed by atoms with Crippen molar-refractivity contribution in [3.8, 4) is 5.75 Å². The van der Waals surface area contributed by atoms with Gasteiger partial charge < -0.3 is 9.15 Å². The van der Waals surface area contributed by atoms with Crippen LogP contribution in [0.25, 0.3) is 11.0 Å². The minimum absolute atomic E-state index is 0.0156. The maximum atomic E-state index is 13.0. The van der Waals surface area contributed by atoms with E-state index in [9.17, 15) is 18.0 Å². The fourth-order valence-corrected chi connectivity index (χ4v) is 4.76. The number of nitrogens with one attached hydrogen (secondary N) is 1. The first kappa shape index (κ1) is 25.2. The Morgan fingerprint density at radius 3 is 2.36 bits per heavy atom. The minimum atomic E-state index is -3.98. The third kappa shape index (κ3) is 5.76. The SMILES string of the molecule is Cc1ccc(S(=O)(=O)N[C@H](CC(C)C)C(=O)Oc2cc3oc(=O)c(Cl)c(C)c3cc2Cl)cc1. The molecule has 0 saturated heterocycles. The Kier molecular flexibility index (Phi) is 7.53. The molecular formula is C23H23Cl2NO6S. The van der Waals surface area contributed by atoms with Gasteiger partial charge in [0.1, 0.15) is 16.6 Å². The van der Waals surface area contributed by atoms with E-state index in [1.54, 1.807) is 19.1 Å². The van der Waals surface area contributed by atoms with E-state index in [-0.39, 0.29) is 38.6 Å². The fourth-order valence-electron chi connectivity index (χ4n) is 3.22. The molecule has 0 aliphatic rings. The summed E-state index contributed by atoms with van der Waals surface area (Å²) in [5.74, 6) is -0.922. The molecule has 2 aromatic carbocycles. The molecule has 0 aliphatic heterocycles. The summed E-state index contributed by atoms with van der Waals surface area (Å²) in [5, 5.41) is 0.502. The van der Waals surface area contributed by atoms with Crippen LogP contribution in [0, 0.1) is 19.8 Å². The van der Waals surface area contributed by atoms with Gasteiger partial charge >= 0.3 is 11.6 Å². The molecule has 0 spiro atoms. The summed E-state index contributed by atoms with van der Waals surface area (Å²) in [5.41, 5.74) is 0.784. The summed E-state index contributed by atoms with van der Waals surface area (Å²) in [4.78, 5) is 24.9. The van der Waals surface area contributed by atoms with Crippen LogP contribution in [-0.4, -0.2) is 20.4 Å². The second kappa shape index (κ2) is 9.85. The first-order valence-corrected chi connectivity index (χ1v) is 12.4. The number of sulfonamides is 1. The maximum Gasteiger partial charge on any atom is 0.355 e. The Hall–Kier alpha value is -2.39. The number of halogens is 2. The van der Waals surface area contributed by atoms with Gasteiger partial charge in [-0.1, -0.05) is 54.7 Å². The van der Waals surface area contributed by atoms with E-state index in [2.05, 4.69) is 4.72 Å². The van der Waals surface area contributed by atoms with Gasteiger partial charge in [-0.05, 0) is 49.9 Å². The highest BCUT2D eigenvalue weighted by molar-refractivity contribution is 7.89. The fraction of sp³-hybridized carbons (Fsp3) is 0.304. The van der Waals surface area contributed by atoms with Crippen molar-refractivity contribution in [2.24, 2.45) is 5.92 Å². The predicted molar refractivity (Wildman–Crippen MR) is 128 cm³/mol. The van der Waals surface area contributed by atoms with Crippen molar-refractivity contribution in [1.29, 1.82) is 0 Å². The van der Waals surface area contributed by atoms with E-state index >= 15 is 0 Å². The third-order valence-corrected chi connectivity index (χ3v) is 7.20. The molecule has 33 heavy (non-hydrogen) atoms. The minimum Gasteiger partial charge on any atom is -0.424 e. The van der Waals surface area contributed by atoms with Crippen LogP contribution in [0.4, 0.5) is 0 Å². The molecule has 0 radical (unpaired) electrons. The molecule has 3 aromatic rings. The van der Waals surface area contributed by atoms with Crippen LogP contribution >= 0.6 is 23.2 Å². The van der Waals surface area contributed by atoms with Crippen LogP contribution in [0.2, 0.25) is 10.0 Å². The number of benzene rings is 2. The van der Waals surface area contributed by atoms with Gasteiger partial charge in [0, 0.05) is 11.5 Å². The molecule has 7 nitrogen and oxygen atoms in total. The molecule has 1 atom stereocenters. The molecular weight excluding hydrogens is 489 g/mol. The van der Waals surface area contributed by atoms with E-state index in [0.29, 0.717) is 10.9 Å². The van der Waals surface area contributed by atoms with Crippen LogP contribution in [0.3, 0.4) is 0 Å². The summed E-state index contributed by atoms with van der Waals surface area (Å²) in [6, 6.07) is 7.87. The van der Waals surface area contributed by atoms with Crippen molar-refractivity contribution in [2.45, 2.75) is 45.1 Å². The Morgan fingerprint density at radius 2 is 1.76 bits per heavy atom. The van der Waals surface area contributed by atoms with Crippen LogP contribution in [0.5, 0.6) is 5.75 Å². The molecule has 0 aliphatic carbocycles. The number of hydrogen-bond acceptors (Lipinski definition) is 6. The van der Waals surface area contributed by atoms with Crippen molar-refractivity contribution >= 4 is 50.2 Å². The molecule has 1 heterocycles. The second-order valence-corrected chi connectivity index (χ2v) is 10.6. The van der Waals surface area contributed by atoms with Crippen LogP contribution in [0.15, 0.2) is 50.5 Å². The number of ether oxygens (including phenoxy) is 1. The first-order chi connectivity index (χ1) is 15.4. The van der Waals surface area contributed by atoms with E-state index in [1.807, 2.05) is 20.8 Å². The third-order valence-electron chi connectivity index (χ3n) is 4.98. The Bertz CT molecular complexity index is 1360. The zero-order chi connectivity index (χ0) is 24.5. The Labute approximate surface area is 201 Å². The second-order valence-electron chi connectivity index (χ2n) is 8.14. The average Bonchev–Trinajstić information content (AvgIpc) is 2.73. The van der Waals surface area contributed by atoms with Crippen molar-refractivity contribution < 1.29 is 22.4 Å². The van der Waals surface area contributed by atoms with Crippen molar-refractivity contribution in [3.63, 3.8) is 0 Å². The molecule has 0 bridgehead atoms. The lowest BCUT2D eigenvalue weighted by Gasteiger charge is -2.20. The summed E-state index contributed by atoms with van der Waals surface area (Å²) < 4.78 is 38.7. The lowest BCUT2D eigenvalue weighted by molar-refractivity contribution is -0.136. The molecule has 0 saturated carbocycles. The molecule has 10 heteroatoms. The Balaban J connectivity index is 1.92. The van der Waals surface area contributed by atoms with Gasteiger partial charge in [-0.2, -0.15) is 4.72 Å². The molecule has 3 rings (SSSR count). The van der Waals surface area contributed by atoms with Gasteiger partial charge in [0.2, 0.25) is 10.0 Å². The molecule has 1 aromatic heterocycles. The molecule has 0 amide bonds. The largest absolute Gasteiger partial charge is 0.424 e. The summed E-state index contributed by atoms with van der Waals surface area (Å²) >= 11 is 12.2. The van der Waals surface area contributed by atoms with Crippen LogP contribution in [-0.2, 0) is 14.8 Å². The quantitative estimate of drug-likeness (QED) is 0.271. The lowest BCUT2D eigenvalue weighted by atomic mass is 10.0. The van der Waals surface area contributed by atoms with Gasteiger partial charge in [-0.3, -0.25) is 0 Å². The van der Waals surface area contributed by atoms with Gasteiger partial charge in [0.05, 0.1) is 9.92 Å². The zero-order valence-electron chi connectivity index (χ0n) is 18.4. The number of rotatable bonds is 7. The normalized spacial score (nSPS) is 12.8. The van der Waals surface area contributed by atoms with Gasteiger partial charge in [0.15, 0.2) is 5.75 Å². The summed E-state index contributed by atoms with van der Waals surface area (Å²) in [6.07, 6.45) is 0.193. The summed E-state index contributed by atoms with van der Waals surface area (Å²) in [6.45, 7) is 7.19. The maximum absolute atomic E-state index is 13.0. The topological polar surface area (TPSA) is 103 Å². The van der Waals surface area contributed by atoms with E-state index < -0.39 is 27.7 Å². The average molecular weight is 512 g/mol.